The molecule has 1 aliphatic rings. The van der Waals surface area contributed by atoms with Gasteiger partial charge in [0.1, 0.15) is 0 Å². The van der Waals surface area contributed by atoms with Crippen LogP contribution in [0.25, 0.3) is 0 Å². The first-order valence-electron chi connectivity index (χ1n) is 5.22. The molecule has 0 aromatic heterocycles. The first-order chi connectivity index (χ1) is 6.38. The Morgan fingerprint density at radius 3 is 2.62 bits per heavy atom. The predicted octanol–water partition coefficient (Wildman–Crippen LogP) is 1.59. The molecule has 78 valence electrons. The Balaban J connectivity index is 2.16. The molecule has 1 rings (SSSR count). The van der Waals surface area contributed by atoms with E-state index < -0.39 is 0 Å². The van der Waals surface area contributed by atoms with Gasteiger partial charge in [-0.05, 0) is 25.5 Å². The summed E-state index contributed by atoms with van der Waals surface area (Å²) in [4.78, 5) is 2.55. The molecule has 0 saturated heterocycles. The molecule has 0 spiro atoms. The molecular formula is C10H21NOS. The zero-order valence-corrected chi connectivity index (χ0v) is 9.35. The Morgan fingerprint density at radius 1 is 1.38 bits per heavy atom. The van der Waals surface area contributed by atoms with E-state index in [1.807, 2.05) is 11.8 Å². The summed E-state index contributed by atoms with van der Waals surface area (Å²) >= 11 is 1.91. The minimum absolute atomic E-state index is 0.336. The third-order valence-electron chi connectivity index (χ3n) is 2.78. The molecule has 2 nitrogen and oxygen atoms in total. The summed E-state index contributed by atoms with van der Waals surface area (Å²) in [5, 5.41) is 8.78. The molecule has 3 heteroatoms. The second-order valence-corrected chi connectivity index (χ2v) is 4.68. The van der Waals surface area contributed by atoms with Gasteiger partial charge in [-0.25, -0.2) is 0 Å². The van der Waals surface area contributed by atoms with Crippen molar-refractivity contribution >= 4 is 11.8 Å². The maximum atomic E-state index is 8.78. The van der Waals surface area contributed by atoms with Crippen molar-refractivity contribution in [3.8, 4) is 0 Å². The van der Waals surface area contributed by atoms with Crippen LogP contribution in [0.3, 0.4) is 0 Å². The number of hydrogen-bond acceptors (Lipinski definition) is 3. The molecule has 1 fully saturated rings. The standard InChI is InChI=1S/C10H21NOS/c1-13-9-7-11(6-3-8-12)10-4-2-5-10/h10,12H,2-9H2,1H3. The molecule has 0 heterocycles. The van der Waals surface area contributed by atoms with Crippen LogP contribution in [-0.4, -0.2) is 47.8 Å². The number of thioether (sulfide) groups is 1. The van der Waals surface area contributed by atoms with Crippen molar-refractivity contribution in [3.63, 3.8) is 0 Å². The molecule has 1 saturated carbocycles. The largest absolute Gasteiger partial charge is 0.396 e. The smallest absolute Gasteiger partial charge is 0.0443 e. The fraction of sp³-hybridized carbons (Fsp3) is 1.00. The summed E-state index contributed by atoms with van der Waals surface area (Å²) in [6.07, 6.45) is 7.25. The molecule has 13 heavy (non-hydrogen) atoms. The SMILES string of the molecule is CSCCN(CCCO)C1CCC1. The predicted molar refractivity (Wildman–Crippen MR) is 59.3 cm³/mol. The minimum Gasteiger partial charge on any atom is -0.396 e. The zero-order valence-electron chi connectivity index (χ0n) is 8.54. The first-order valence-corrected chi connectivity index (χ1v) is 6.61. The monoisotopic (exact) mass is 203 g/mol. The van der Waals surface area contributed by atoms with Gasteiger partial charge in [-0.15, -0.1) is 0 Å². The van der Waals surface area contributed by atoms with Crippen molar-refractivity contribution in [1.82, 2.24) is 4.90 Å². The van der Waals surface area contributed by atoms with Gasteiger partial charge in [-0.2, -0.15) is 11.8 Å². The molecule has 0 atom stereocenters. The fourth-order valence-corrected chi connectivity index (χ4v) is 2.13. The van der Waals surface area contributed by atoms with Crippen LogP contribution in [0.2, 0.25) is 0 Å². The fourth-order valence-electron chi connectivity index (χ4n) is 1.71. The van der Waals surface area contributed by atoms with Crippen molar-refractivity contribution < 1.29 is 5.11 Å². The lowest BCUT2D eigenvalue weighted by Gasteiger charge is -2.37. The maximum absolute atomic E-state index is 8.78. The number of hydrogen-bond donors (Lipinski definition) is 1. The quantitative estimate of drug-likeness (QED) is 0.679. The van der Waals surface area contributed by atoms with Crippen LogP contribution in [-0.2, 0) is 0 Å². The van der Waals surface area contributed by atoms with Gasteiger partial charge in [0.15, 0.2) is 0 Å². The average Bonchev–Trinajstić information content (AvgIpc) is 2.06. The van der Waals surface area contributed by atoms with E-state index in [4.69, 9.17) is 5.11 Å². The number of aliphatic hydroxyl groups excluding tert-OH is 1. The third kappa shape index (κ3) is 3.88. The van der Waals surface area contributed by atoms with E-state index in [-0.39, 0.29) is 0 Å². The lowest BCUT2D eigenvalue weighted by Crippen LogP contribution is -2.42. The topological polar surface area (TPSA) is 23.5 Å². The van der Waals surface area contributed by atoms with Crippen molar-refractivity contribution in [2.75, 3.05) is 31.7 Å². The van der Waals surface area contributed by atoms with E-state index in [2.05, 4.69) is 11.2 Å². The molecule has 0 aromatic carbocycles. The first kappa shape index (κ1) is 11.3. The van der Waals surface area contributed by atoms with Crippen LogP contribution in [0.1, 0.15) is 25.7 Å². The van der Waals surface area contributed by atoms with Gasteiger partial charge in [0.2, 0.25) is 0 Å². The van der Waals surface area contributed by atoms with E-state index in [0.717, 1.165) is 19.0 Å². The van der Waals surface area contributed by atoms with E-state index in [1.54, 1.807) is 0 Å². The summed E-state index contributed by atoms with van der Waals surface area (Å²) in [5.41, 5.74) is 0. The van der Waals surface area contributed by atoms with Gasteiger partial charge in [0.05, 0.1) is 0 Å². The Bertz CT molecular complexity index is 120. The summed E-state index contributed by atoms with van der Waals surface area (Å²) in [6, 6.07) is 0.832. The van der Waals surface area contributed by atoms with Crippen LogP contribution in [0.4, 0.5) is 0 Å². The second-order valence-electron chi connectivity index (χ2n) is 3.69. The maximum Gasteiger partial charge on any atom is 0.0443 e. The normalized spacial score (nSPS) is 17.8. The van der Waals surface area contributed by atoms with E-state index in [9.17, 15) is 0 Å². The number of nitrogens with zero attached hydrogens (tertiary/aromatic N) is 1. The Morgan fingerprint density at radius 2 is 2.15 bits per heavy atom. The van der Waals surface area contributed by atoms with E-state index in [0.29, 0.717) is 6.61 Å². The number of aliphatic hydroxyl groups is 1. The molecule has 0 aromatic rings. The minimum atomic E-state index is 0.336. The van der Waals surface area contributed by atoms with Gasteiger partial charge >= 0.3 is 0 Å². The Hall–Kier alpha value is 0.270. The van der Waals surface area contributed by atoms with Crippen LogP contribution in [0, 0.1) is 0 Å². The highest BCUT2D eigenvalue weighted by Gasteiger charge is 2.23. The summed E-state index contributed by atoms with van der Waals surface area (Å²) < 4.78 is 0. The lowest BCUT2D eigenvalue weighted by atomic mass is 9.91. The lowest BCUT2D eigenvalue weighted by molar-refractivity contribution is 0.124. The van der Waals surface area contributed by atoms with Gasteiger partial charge < -0.3 is 5.11 Å². The molecular weight excluding hydrogens is 182 g/mol. The molecule has 0 amide bonds. The van der Waals surface area contributed by atoms with Crippen LogP contribution < -0.4 is 0 Å². The molecule has 0 bridgehead atoms. The molecule has 0 radical (unpaired) electrons. The van der Waals surface area contributed by atoms with Gasteiger partial charge in [-0.1, -0.05) is 6.42 Å². The summed E-state index contributed by atoms with van der Waals surface area (Å²) in [6.45, 7) is 2.62. The Labute approximate surface area is 85.7 Å². The average molecular weight is 203 g/mol. The molecule has 1 N–H and O–H groups in total. The van der Waals surface area contributed by atoms with Gasteiger partial charge in [-0.3, -0.25) is 4.90 Å². The van der Waals surface area contributed by atoms with Gasteiger partial charge in [0, 0.05) is 31.5 Å². The van der Waals surface area contributed by atoms with E-state index in [1.165, 1.54) is 31.6 Å². The molecule has 0 aliphatic heterocycles. The van der Waals surface area contributed by atoms with Crippen LogP contribution >= 0.6 is 11.8 Å². The summed E-state index contributed by atoms with van der Waals surface area (Å²) in [5.74, 6) is 1.22. The second kappa shape index (κ2) is 6.68. The van der Waals surface area contributed by atoms with Gasteiger partial charge in [0.25, 0.3) is 0 Å². The highest BCUT2D eigenvalue weighted by Crippen LogP contribution is 2.24. The Kier molecular flexibility index (Phi) is 5.83. The summed E-state index contributed by atoms with van der Waals surface area (Å²) in [7, 11) is 0. The highest BCUT2D eigenvalue weighted by molar-refractivity contribution is 7.98. The van der Waals surface area contributed by atoms with E-state index >= 15 is 0 Å². The van der Waals surface area contributed by atoms with Crippen molar-refractivity contribution in [1.29, 1.82) is 0 Å². The molecule has 0 unspecified atom stereocenters. The third-order valence-corrected chi connectivity index (χ3v) is 3.37. The molecule has 1 aliphatic carbocycles. The van der Waals surface area contributed by atoms with Crippen molar-refractivity contribution in [3.05, 3.63) is 0 Å². The van der Waals surface area contributed by atoms with Crippen molar-refractivity contribution in [2.45, 2.75) is 31.7 Å². The zero-order chi connectivity index (χ0) is 9.52. The highest BCUT2D eigenvalue weighted by atomic mass is 32.2. The van der Waals surface area contributed by atoms with Crippen molar-refractivity contribution in [2.24, 2.45) is 0 Å². The van der Waals surface area contributed by atoms with Crippen LogP contribution in [0.5, 0.6) is 0 Å². The number of rotatable bonds is 7. The van der Waals surface area contributed by atoms with Crippen LogP contribution in [0.15, 0.2) is 0 Å².